The molecule has 0 amide bonds. The summed E-state index contributed by atoms with van der Waals surface area (Å²) < 4.78 is 10.4. The summed E-state index contributed by atoms with van der Waals surface area (Å²) in [7, 11) is 0. The first kappa shape index (κ1) is 9.98. The second-order valence-corrected chi connectivity index (χ2v) is 3.43. The Morgan fingerprint density at radius 2 is 2.33 bits per heavy atom. The van der Waals surface area contributed by atoms with Crippen LogP contribution in [0, 0.1) is 6.92 Å². The van der Waals surface area contributed by atoms with Gasteiger partial charge in [-0.3, -0.25) is 0 Å². The highest BCUT2D eigenvalue weighted by molar-refractivity contribution is 6.29. The SMILES string of the molecule is Cc1cc(COc2ccc(Cl)nc2)on1. The highest BCUT2D eigenvalue weighted by Crippen LogP contribution is 2.14. The molecule has 0 fully saturated rings. The lowest BCUT2D eigenvalue weighted by Gasteiger charge is -2.01. The van der Waals surface area contributed by atoms with Crippen molar-refractivity contribution < 1.29 is 9.26 Å². The highest BCUT2D eigenvalue weighted by atomic mass is 35.5. The number of hydrogen-bond donors (Lipinski definition) is 0. The van der Waals surface area contributed by atoms with Gasteiger partial charge in [0.2, 0.25) is 0 Å². The van der Waals surface area contributed by atoms with Crippen molar-refractivity contribution in [1.29, 1.82) is 0 Å². The van der Waals surface area contributed by atoms with E-state index in [-0.39, 0.29) is 0 Å². The van der Waals surface area contributed by atoms with Crippen molar-refractivity contribution in [3.05, 3.63) is 41.0 Å². The highest BCUT2D eigenvalue weighted by Gasteiger charge is 2.01. The Balaban J connectivity index is 1.96. The van der Waals surface area contributed by atoms with Crippen molar-refractivity contribution in [2.75, 3.05) is 0 Å². The van der Waals surface area contributed by atoms with E-state index < -0.39 is 0 Å². The van der Waals surface area contributed by atoms with Crippen LogP contribution in [-0.4, -0.2) is 10.1 Å². The maximum Gasteiger partial charge on any atom is 0.174 e. The summed E-state index contributed by atoms with van der Waals surface area (Å²) in [5.74, 6) is 1.33. The molecule has 2 aromatic heterocycles. The molecule has 2 aromatic rings. The quantitative estimate of drug-likeness (QED) is 0.752. The molecule has 0 atom stereocenters. The lowest BCUT2D eigenvalue weighted by molar-refractivity contribution is 0.248. The fourth-order valence-electron chi connectivity index (χ4n) is 1.09. The summed E-state index contributed by atoms with van der Waals surface area (Å²) in [6, 6.07) is 5.24. The van der Waals surface area contributed by atoms with Crippen molar-refractivity contribution >= 4 is 11.6 Å². The van der Waals surface area contributed by atoms with Crippen LogP contribution in [0.25, 0.3) is 0 Å². The van der Waals surface area contributed by atoms with Crippen molar-refractivity contribution in [1.82, 2.24) is 10.1 Å². The van der Waals surface area contributed by atoms with Gasteiger partial charge in [-0.2, -0.15) is 0 Å². The predicted octanol–water partition coefficient (Wildman–Crippen LogP) is 2.61. The number of pyridine rings is 1. The zero-order chi connectivity index (χ0) is 10.7. The smallest absolute Gasteiger partial charge is 0.174 e. The average molecular weight is 225 g/mol. The Morgan fingerprint density at radius 1 is 1.47 bits per heavy atom. The van der Waals surface area contributed by atoms with Crippen molar-refractivity contribution in [3.8, 4) is 5.75 Å². The van der Waals surface area contributed by atoms with E-state index >= 15 is 0 Å². The molecular weight excluding hydrogens is 216 g/mol. The number of aryl methyl sites for hydroxylation is 1. The molecule has 0 aliphatic carbocycles. The monoisotopic (exact) mass is 224 g/mol. The van der Waals surface area contributed by atoms with Gasteiger partial charge in [-0.1, -0.05) is 16.8 Å². The Kier molecular flexibility index (Phi) is 2.87. The molecule has 2 heterocycles. The van der Waals surface area contributed by atoms with Gasteiger partial charge in [0.15, 0.2) is 5.76 Å². The number of aromatic nitrogens is 2. The van der Waals surface area contributed by atoms with Crippen LogP contribution in [0.5, 0.6) is 5.75 Å². The second kappa shape index (κ2) is 4.31. The van der Waals surface area contributed by atoms with Gasteiger partial charge in [0, 0.05) is 6.07 Å². The van der Waals surface area contributed by atoms with Gasteiger partial charge < -0.3 is 9.26 Å². The van der Waals surface area contributed by atoms with Crippen LogP contribution in [0.3, 0.4) is 0 Å². The molecule has 2 rings (SSSR count). The van der Waals surface area contributed by atoms with Gasteiger partial charge in [0.05, 0.1) is 11.9 Å². The standard InChI is InChI=1S/C10H9ClN2O2/c1-7-4-9(15-13-7)6-14-8-2-3-10(11)12-5-8/h2-5H,6H2,1H3. The molecule has 0 bridgehead atoms. The van der Waals surface area contributed by atoms with Gasteiger partial charge in [0.25, 0.3) is 0 Å². The molecular formula is C10H9ClN2O2. The molecule has 15 heavy (non-hydrogen) atoms. The summed E-state index contributed by atoms with van der Waals surface area (Å²) in [6.45, 7) is 2.20. The molecule has 5 heteroatoms. The van der Waals surface area contributed by atoms with Gasteiger partial charge in [-0.05, 0) is 19.1 Å². The molecule has 4 nitrogen and oxygen atoms in total. The summed E-state index contributed by atoms with van der Waals surface area (Å²) >= 11 is 5.64. The van der Waals surface area contributed by atoms with Crippen LogP contribution < -0.4 is 4.74 Å². The molecule has 0 aliphatic rings. The molecule has 0 N–H and O–H groups in total. The first-order valence-electron chi connectivity index (χ1n) is 4.40. The number of halogens is 1. The number of rotatable bonds is 3. The Morgan fingerprint density at radius 3 is 2.93 bits per heavy atom. The number of ether oxygens (including phenoxy) is 1. The summed E-state index contributed by atoms with van der Waals surface area (Å²) in [6.07, 6.45) is 1.56. The Labute approximate surface area is 91.8 Å². The molecule has 0 spiro atoms. The maximum absolute atomic E-state index is 5.64. The zero-order valence-electron chi connectivity index (χ0n) is 8.11. The lowest BCUT2D eigenvalue weighted by atomic mass is 10.4. The van der Waals surface area contributed by atoms with E-state index in [1.54, 1.807) is 18.3 Å². The number of hydrogen-bond acceptors (Lipinski definition) is 4. The first-order chi connectivity index (χ1) is 7.24. The van der Waals surface area contributed by atoms with Crippen LogP contribution in [0.1, 0.15) is 11.5 Å². The third-order valence-corrected chi connectivity index (χ3v) is 1.98. The van der Waals surface area contributed by atoms with Crippen LogP contribution in [0.2, 0.25) is 5.15 Å². The first-order valence-corrected chi connectivity index (χ1v) is 4.78. The van der Waals surface area contributed by atoms with Gasteiger partial charge in [0.1, 0.15) is 17.5 Å². The molecule has 0 saturated carbocycles. The molecule has 0 saturated heterocycles. The topological polar surface area (TPSA) is 48.2 Å². The van der Waals surface area contributed by atoms with Crippen molar-refractivity contribution in [3.63, 3.8) is 0 Å². The summed E-state index contributed by atoms with van der Waals surface area (Å²) in [5.41, 5.74) is 0.836. The minimum absolute atomic E-state index is 0.337. The van der Waals surface area contributed by atoms with Gasteiger partial charge in [-0.25, -0.2) is 4.98 Å². The van der Waals surface area contributed by atoms with Gasteiger partial charge in [-0.15, -0.1) is 0 Å². The normalized spacial score (nSPS) is 10.3. The molecule has 0 aliphatic heterocycles. The molecule has 0 unspecified atom stereocenters. The second-order valence-electron chi connectivity index (χ2n) is 3.04. The third-order valence-electron chi connectivity index (χ3n) is 1.76. The maximum atomic E-state index is 5.64. The van der Waals surface area contributed by atoms with E-state index in [1.807, 2.05) is 13.0 Å². The Bertz CT molecular complexity index is 439. The lowest BCUT2D eigenvalue weighted by Crippen LogP contribution is -1.93. The fourth-order valence-corrected chi connectivity index (χ4v) is 1.20. The van der Waals surface area contributed by atoms with Crippen LogP contribution >= 0.6 is 11.6 Å². The summed E-state index contributed by atoms with van der Waals surface area (Å²) in [5, 5.41) is 4.19. The van der Waals surface area contributed by atoms with E-state index in [0.29, 0.717) is 23.3 Å². The minimum atomic E-state index is 0.337. The van der Waals surface area contributed by atoms with Crippen LogP contribution in [-0.2, 0) is 6.61 Å². The van der Waals surface area contributed by atoms with E-state index in [9.17, 15) is 0 Å². The van der Waals surface area contributed by atoms with Gasteiger partial charge >= 0.3 is 0 Å². The average Bonchev–Trinajstić information content (AvgIpc) is 2.64. The van der Waals surface area contributed by atoms with E-state index in [4.69, 9.17) is 20.9 Å². The van der Waals surface area contributed by atoms with Crippen LogP contribution in [0.15, 0.2) is 28.9 Å². The largest absolute Gasteiger partial charge is 0.484 e. The number of nitrogens with zero attached hydrogens (tertiary/aromatic N) is 2. The molecule has 78 valence electrons. The predicted molar refractivity (Wildman–Crippen MR) is 54.8 cm³/mol. The van der Waals surface area contributed by atoms with Crippen LogP contribution in [0.4, 0.5) is 0 Å². The van der Waals surface area contributed by atoms with E-state index in [0.717, 1.165) is 5.69 Å². The Hall–Kier alpha value is -1.55. The molecule has 0 aromatic carbocycles. The summed E-state index contributed by atoms with van der Waals surface area (Å²) in [4.78, 5) is 3.89. The van der Waals surface area contributed by atoms with E-state index in [1.165, 1.54) is 0 Å². The van der Waals surface area contributed by atoms with Crippen molar-refractivity contribution in [2.45, 2.75) is 13.5 Å². The zero-order valence-corrected chi connectivity index (χ0v) is 8.86. The minimum Gasteiger partial charge on any atom is -0.484 e. The van der Waals surface area contributed by atoms with E-state index in [2.05, 4.69) is 10.1 Å². The third kappa shape index (κ3) is 2.70. The van der Waals surface area contributed by atoms with Crippen molar-refractivity contribution in [2.24, 2.45) is 0 Å². The fraction of sp³-hybridized carbons (Fsp3) is 0.200. The molecule has 0 radical (unpaired) electrons.